The number of anilines is 1. The second-order valence-corrected chi connectivity index (χ2v) is 4.11. The van der Waals surface area contributed by atoms with Gasteiger partial charge in [0.2, 0.25) is 0 Å². The first-order chi connectivity index (χ1) is 8.16. The molecule has 92 valence electrons. The highest BCUT2D eigenvalue weighted by molar-refractivity contribution is 5.95. The molecule has 0 spiro atoms. The molecule has 1 aromatic rings. The molecule has 0 radical (unpaired) electrons. The summed E-state index contributed by atoms with van der Waals surface area (Å²) in [5.41, 5.74) is 10.7. The number of ether oxygens (including phenoxy) is 1. The fourth-order valence-corrected chi connectivity index (χ4v) is 1.82. The number of benzene rings is 1. The fourth-order valence-electron chi connectivity index (χ4n) is 1.82. The number of nitrogens with two attached hydrogens (primary N) is 1. The maximum atomic E-state index is 12.0. The second-order valence-electron chi connectivity index (χ2n) is 4.11. The zero-order valence-corrected chi connectivity index (χ0v) is 9.90. The molecule has 1 fully saturated rings. The molecule has 0 aliphatic carbocycles. The van der Waals surface area contributed by atoms with E-state index < -0.39 is 0 Å². The first-order valence-electron chi connectivity index (χ1n) is 5.66. The Morgan fingerprint density at radius 3 is 2.76 bits per heavy atom. The van der Waals surface area contributed by atoms with E-state index in [-0.39, 0.29) is 5.91 Å². The lowest BCUT2D eigenvalue weighted by Gasteiger charge is -2.27. The van der Waals surface area contributed by atoms with Crippen molar-refractivity contribution in [3.8, 4) is 0 Å². The Bertz CT molecular complexity index is 414. The summed E-state index contributed by atoms with van der Waals surface area (Å²) in [5.74, 6) is -0.0931. The molecule has 5 nitrogen and oxygen atoms in total. The maximum absolute atomic E-state index is 12.0. The average molecular weight is 235 g/mol. The molecule has 17 heavy (non-hydrogen) atoms. The van der Waals surface area contributed by atoms with Gasteiger partial charge in [-0.15, -0.1) is 0 Å². The zero-order chi connectivity index (χ0) is 12.3. The van der Waals surface area contributed by atoms with Crippen LogP contribution in [-0.4, -0.2) is 37.2 Å². The number of hydrogen-bond donors (Lipinski definition) is 2. The van der Waals surface area contributed by atoms with Gasteiger partial charge in [0, 0.05) is 24.3 Å². The fraction of sp³-hybridized carbons (Fsp3) is 0.417. The Morgan fingerprint density at radius 2 is 2.12 bits per heavy atom. The van der Waals surface area contributed by atoms with Gasteiger partial charge in [-0.25, -0.2) is 5.01 Å². The van der Waals surface area contributed by atoms with E-state index in [0.29, 0.717) is 24.5 Å². The number of rotatable bonds is 2. The molecular formula is C12H17N3O2. The van der Waals surface area contributed by atoms with Crippen LogP contribution in [0, 0.1) is 6.92 Å². The van der Waals surface area contributed by atoms with Crippen molar-refractivity contribution in [3.63, 3.8) is 0 Å². The molecule has 0 aromatic heterocycles. The van der Waals surface area contributed by atoms with Crippen molar-refractivity contribution in [2.75, 3.05) is 32.0 Å². The quantitative estimate of drug-likeness (QED) is 0.735. The largest absolute Gasteiger partial charge is 0.399 e. The summed E-state index contributed by atoms with van der Waals surface area (Å²) < 4.78 is 5.22. The molecule has 0 bridgehead atoms. The number of nitrogens with zero attached hydrogens (tertiary/aromatic N) is 1. The summed E-state index contributed by atoms with van der Waals surface area (Å²) in [4.78, 5) is 12.0. The van der Waals surface area contributed by atoms with Crippen LogP contribution in [0.1, 0.15) is 15.9 Å². The van der Waals surface area contributed by atoms with Gasteiger partial charge in [0.15, 0.2) is 0 Å². The normalized spacial score (nSPS) is 16.8. The monoisotopic (exact) mass is 235 g/mol. The minimum atomic E-state index is -0.0931. The van der Waals surface area contributed by atoms with Crippen LogP contribution in [-0.2, 0) is 4.74 Å². The van der Waals surface area contributed by atoms with Crippen LogP contribution in [0.5, 0.6) is 0 Å². The molecule has 1 saturated heterocycles. The van der Waals surface area contributed by atoms with Crippen LogP contribution in [0.3, 0.4) is 0 Å². The van der Waals surface area contributed by atoms with Gasteiger partial charge in [0.25, 0.3) is 5.91 Å². The number of amides is 1. The predicted octanol–water partition coefficient (Wildman–Crippen LogP) is 0.554. The molecule has 1 heterocycles. The summed E-state index contributed by atoms with van der Waals surface area (Å²) in [7, 11) is 0. The van der Waals surface area contributed by atoms with Crippen molar-refractivity contribution in [2.45, 2.75) is 6.92 Å². The summed E-state index contributed by atoms with van der Waals surface area (Å²) in [6, 6.07) is 5.29. The van der Waals surface area contributed by atoms with E-state index >= 15 is 0 Å². The van der Waals surface area contributed by atoms with E-state index in [4.69, 9.17) is 10.5 Å². The number of aryl methyl sites for hydroxylation is 1. The predicted molar refractivity (Wildman–Crippen MR) is 65.4 cm³/mol. The van der Waals surface area contributed by atoms with Crippen LogP contribution in [0.25, 0.3) is 0 Å². The lowest BCUT2D eigenvalue weighted by atomic mass is 10.1. The Morgan fingerprint density at radius 1 is 1.41 bits per heavy atom. The minimum Gasteiger partial charge on any atom is -0.399 e. The van der Waals surface area contributed by atoms with Gasteiger partial charge < -0.3 is 10.5 Å². The second kappa shape index (κ2) is 5.16. The van der Waals surface area contributed by atoms with Crippen molar-refractivity contribution in [2.24, 2.45) is 0 Å². The highest BCUT2D eigenvalue weighted by atomic mass is 16.5. The first-order valence-corrected chi connectivity index (χ1v) is 5.66. The van der Waals surface area contributed by atoms with Crippen molar-refractivity contribution < 1.29 is 9.53 Å². The maximum Gasteiger partial charge on any atom is 0.265 e. The SMILES string of the molecule is Cc1cc(N)ccc1C(=O)NN1CCOCC1. The summed E-state index contributed by atoms with van der Waals surface area (Å²) in [6.45, 7) is 4.63. The summed E-state index contributed by atoms with van der Waals surface area (Å²) >= 11 is 0. The number of hydrazine groups is 1. The number of hydrogen-bond acceptors (Lipinski definition) is 4. The van der Waals surface area contributed by atoms with Crippen molar-refractivity contribution in [1.29, 1.82) is 0 Å². The van der Waals surface area contributed by atoms with Gasteiger partial charge in [0.1, 0.15) is 0 Å². The van der Waals surface area contributed by atoms with Gasteiger partial charge in [-0.2, -0.15) is 0 Å². The third-order valence-electron chi connectivity index (χ3n) is 2.77. The minimum absolute atomic E-state index is 0.0931. The number of nitrogens with one attached hydrogen (secondary N) is 1. The molecular weight excluding hydrogens is 218 g/mol. The number of carbonyl (C=O) groups excluding carboxylic acids is 1. The Balaban J connectivity index is 2.03. The number of morpholine rings is 1. The highest BCUT2D eigenvalue weighted by Crippen LogP contribution is 2.12. The van der Waals surface area contributed by atoms with Gasteiger partial charge in [-0.1, -0.05) is 0 Å². The highest BCUT2D eigenvalue weighted by Gasteiger charge is 2.15. The Labute approximate surface area is 101 Å². The molecule has 2 rings (SSSR count). The van der Waals surface area contributed by atoms with E-state index in [1.807, 2.05) is 11.9 Å². The van der Waals surface area contributed by atoms with Crippen LogP contribution < -0.4 is 11.2 Å². The molecule has 0 atom stereocenters. The van der Waals surface area contributed by atoms with Crippen LogP contribution >= 0.6 is 0 Å². The lowest BCUT2D eigenvalue weighted by molar-refractivity contribution is 0.0126. The average Bonchev–Trinajstić information content (AvgIpc) is 2.30. The van der Waals surface area contributed by atoms with Gasteiger partial charge in [-0.05, 0) is 30.7 Å². The van der Waals surface area contributed by atoms with Crippen molar-refractivity contribution in [1.82, 2.24) is 10.4 Å². The third-order valence-corrected chi connectivity index (χ3v) is 2.77. The van der Waals surface area contributed by atoms with Crippen LogP contribution in [0.4, 0.5) is 5.69 Å². The number of nitrogen functional groups attached to an aromatic ring is 1. The molecule has 1 aliphatic rings. The van der Waals surface area contributed by atoms with E-state index in [2.05, 4.69) is 5.43 Å². The molecule has 0 unspecified atom stereocenters. The third kappa shape index (κ3) is 2.95. The van der Waals surface area contributed by atoms with Gasteiger partial charge in [-0.3, -0.25) is 10.2 Å². The van der Waals surface area contributed by atoms with Crippen molar-refractivity contribution >= 4 is 11.6 Å². The van der Waals surface area contributed by atoms with Gasteiger partial charge in [0.05, 0.1) is 13.2 Å². The van der Waals surface area contributed by atoms with Gasteiger partial charge >= 0.3 is 0 Å². The van der Waals surface area contributed by atoms with Crippen molar-refractivity contribution in [3.05, 3.63) is 29.3 Å². The topological polar surface area (TPSA) is 67.6 Å². The number of carbonyl (C=O) groups is 1. The first kappa shape index (κ1) is 11.9. The standard InChI is InChI=1S/C12H17N3O2/c1-9-8-10(13)2-3-11(9)12(16)14-15-4-6-17-7-5-15/h2-3,8H,4-7,13H2,1H3,(H,14,16). The van der Waals surface area contributed by atoms with E-state index in [1.54, 1.807) is 18.2 Å². The molecule has 0 saturated carbocycles. The Hall–Kier alpha value is -1.59. The van der Waals surface area contributed by atoms with E-state index in [9.17, 15) is 4.79 Å². The summed E-state index contributed by atoms with van der Waals surface area (Å²) in [5, 5.41) is 1.88. The van der Waals surface area contributed by atoms with E-state index in [1.165, 1.54) is 0 Å². The molecule has 1 amide bonds. The molecule has 1 aliphatic heterocycles. The zero-order valence-electron chi connectivity index (χ0n) is 9.90. The Kier molecular flexibility index (Phi) is 3.61. The molecule has 1 aromatic carbocycles. The van der Waals surface area contributed by atoms with E-state index in [0.717, 1.165) is 18.7 Å². The van der Waals surface area contributed by atoms with Crippen LogP contribution in [0.15, 0.2) is 18.2 Å². The van der Waals surface area contributed by atoms with Crippen LogP contribution in [0.2, 0.25) is 0 Å². The molecule has 3 N–H and O–H groups in total. The molecule has 5 heteroatoms. The summed E-state index contributed by atoms with van der Waals surface area (Å²) in [6.07, 6.45) is 0. The smallest absolute Gasteiger partial charge is 0.265 e. The lowest BCUT2D eigenvalue weighted by Crippen LogP contribution is -2.48.